The van der Waals surface area contributed by atoms with E-state index in [9.17, 15) is 9.59 Å². The zero-order valence-electron chi connectivity index (χ0n) is 18.9. The maximum absolute atomic E-state index is 15.6. The highest BCUT2D eigenvalue weighted by molar-refractivity contribution is 5.97. The van der Waals surface area contributed by atoms with Crippen molar-refractivity contribution in [2.24, 2.45) is 5.41 Å². The first-order valence-electron chi connectivity index (χ1n) is 11.3. The van der Waals surface area contributed by atoms with E-state index in [4.69, 9.17) is 9.47 Å². The summed E-state index contributed by atoms with van der Waals surface area (Å²) in [7, 11) is 0. The lowest BCUT2D eigenvalue weighted by molar-refractivity contribution is 0.0154. The normalized spacial score (nSPS) is 17.6. The Kier molecular flexibility index (Phi) is 6.33. The van der Waals surface area contributed by atoms with Gasteiger partial charge in [0.05, 0.1) is 29.1 Å². The van der Waals surface area contributed by atoms with Crippen molar-refractivity contribution in [3.8, 4) is 5.69 Å². The summed E-state index contributed by atoms with van der Waals surface area (Å²) in [6.45, 7) is 7.65. The van der Waals surface area contributed by atoms with Gasteiger partial charge in [-0.05, 0) is 62.1 Å². The summed E-state index contributed by atoms with van der Waals surface area (Å²) in [5.41, 5.74) is 2.44. The van der Waals surface area contributed by atoms with E-state index < -0.39 is 11.8 Å². The summed E-state index contributed by atoms with van der Waals surface area (Å²) in [6, 6.07) is 3.16. The number of carbonyl (C=O) groups excluding carboxylic acids is 2. The molecule has 2 aliphatic heterocycles. The standard InChI is InChI=1S/C24H30FN3O4/c1-4-8-32-23(30)16-11-15(3)12-18(21(16)25)28-19-13-24(6-9-31-10-7-24)14-26-22(29)20(19)17(5-2)27-28/h11-12H,4-10,13-14H2,1-3H3,(H,26,29). The van der Waals surface area contributed by atoms with E-state index in [-0.39, 0.29) is 29.2 Å². The first-order valence-corrected chi connectivity index (χ1v) is 11.3. The Balaban J connectivity index is 1.86. The summed E-state index contributed by atoms with van der Waals surface area (Å²) in [6.07, 6.45) is 3.39. The molecule has 1 fully saturated rings. The zero-order valence-corrected chi connectivity index (χ0v) is 18.9. The Morgan fingerprint density at radius 1 is 1.31 bits per heavy atom. The highest BCUT2D eigenvalue weighted by atomic mass is 19.1. The molecule has 4 rings (SSSR count). The van der Waals surface area contributed by atoms with Gasteiger partial charge < -0.3 is 14.8 Å². The van der Waals surface area contributed by atoms with E-state index in [2.05, 4.69) is 10.4 Å². The molecule has 7 nitrogen and oxygen atoms in total. The van der Waals surface area contributed by atoms with Gasteiger partial charge in [0.15, 0.2) is 5.82 Å². The van der Waals surface area contributed by atoms with E-state index >= 15 is 4.39 Å². The van der Waals surface area contributed by atoms with Gasteiger partial charge in [-0.1, -0.05) is 13.8 Å². The largest absolute Gasteiger partial charge is 0.462 e. The summed E-state index contributed by atoms with van der Waals surface area (Å²) in [5.74, 6) is -1.56. The summed E-state index contributed by atoms with van der Waals surface area (Å²) >= 11 is 0. The van der Waals surface area contributed by atoms with Crippen LogP contribution in [-0.4, -0.2) is 48.0 Å². The Bertz CT molecular complexity index is 1040. The zero-order chi connectivity index (χ0) is 22.9. The number of aryl methyl sites for hydroxylation is 2. The van der Waals surface area contributed by atoms with Crippen LogP contribution < -0.4 is 5.32 Å². The van der Waals surface area contributed by atoms with Gasteiger partial charge in [-0.2, -0.15) is 5.10 Å². The molecule has 1 aromatic carbocycles. The Hall–Kier alpha value is -2.74. The monoisotopic (exact) mass is 443 g/mol. The van der Waals surface area contributed by atoms with Crippen LogP contribution in [0, 0.1) is 18.2 Å². The molecule has 1 N–H and O–H groups in total. The Labute approximate surface area is 187 Å². The molecule has 1 amide bonds. The van der Waals surface area contributed by atoms with E-state index in [1.54, 1.807) is 13.0 Å². The highest BCUT2D eigenvalue weighted by Gasteiger charge is 2.40. The fraction of sp³-hybridized carbons (Fsp3) is 0.542. The van der Waals surface area contributed by atoms with Crippen LogP contribution in [0.1, 0.15) is 70.8 Å². The van der Waals surface area contributed by atoms with Crippen LogP contribution in [0.25, 0.3) is 5.69 Å². The molecule has 0 bridgehead atoms. The number of aromatic nitrogens is 2. The number of fused-ring (bicyclic) bond motifs is 1. The third-order valence-electron chi connectivity index (χ3n) is 6.42. The molecule has 1 spiro atoms. The summed E-state index contributed by atoms with van der Waals surface area (Å²) < 4.78 is 27.9. The number of hydrogen-bond acceptors (Lipinski definition) is 5. The lowest BCUT2D eigenvalue weighted by atomic mass is 9.76. The molecule has 0 unspecified atom stereocenters. The fourth-order valence-electron chi connectivity index (χ4n) is 4.63. The molecule has 2 aromatic rings. The van der Waals surface area contributed by atoms with Crippen molar-refractivity contribution in [2.45, 2.75) is 52.9 Å². The molecule has 8 heteroatoms. The van der Waals surface area contributed by atoms with E-state index in [1.165, 1.54) is 10.7 Å². The number of ether oxygens (including phenoxy) is 2. The van der Waals surface area contributed by atoms with Crippen LogP contribution >= 0.6 is 0 Å². The maximum atomic E-state index is 15.6. The average molecular weight is 444 g/mol. The third kappa shape index (κ3) is 4.03. The van der Waals surface area contributed by atoms with Crippen molar-refractivity contribution in [3.63, 3.8) is 0 Å². The molecular formula is C24H30FN3O4. The number of carbonyl (C=O) groups is 2. The minimum Gasteiger partial charge on any atom is -0.462 e. The van der Waals surface area contributed by atoms with Crippen LogP contribution in [-0.2, 0) is 22.3 Å². The molecule has 32 heavy (non-hydrogen) atoms. The molecule has 0 aliphatic carbocycles. The number of esters is 1. The number of amides is 1. The van der Waals surface area contributed by atoms with Crippen LogP contribution in [0.5, 0.6) is 0 Å². The van der Waals surface area contributed by atoms with Crippen molar-refractivity contribution in [1.29, 1.82) is 0 Å². The lowest BCUT2D eigenvalue weighted by Crippen LogP contribution is -2.40. The third-order valence-corrected chi connectivity index (χ3v) is 6.42. The smallest absolute Gasteiger partial charge is 0.341 e. The van der Waals surface area contributed by atoms with Gasteiger partial charge in [-0.15, -0.1) is 0 Å². The molecule has 0 radical (unpaired) electrons. The number of halogens is 1. The van der Waals surface area contributed by atoms with Gasteiger partial charge in [0.25, 0.3) is 5.91 Å². The van der Waals surface area contributed by atoms with Gasteiger partial charge in [0.1, 0.15) is 5.69 Å². The predicted octanol–water partition coefficient (Wildman–Crippen LogP) is 3.53. The molecule has 1 saturated heterocycles. The van der Waals surface area contributed by atoms with Gasteiger partial charge >= 0.3 is 5.97 Å². The van der Waals surface area contributed by atoms with Crippen molar-refractivity contribution >= 4 is 11.9 Å². The number of nitrogens with zero attached hydrogens (tertiary/aromatic N) is 2. The van der Waals surface area contributed by atoms with E-state index in [0.717, 1.165) is 12.8 Å². The first kappa shape index (κ1) is 22.5. The van der Waals surface area contributed by atoms with Crippen molar-refractivity contribution < 1.29 is 23.5 Å². The summed E-state index contributed by atoms with van der Waals surface area (Å²) in [4.78, 5) is 25.5. The van der Waals surface area contributed by atoms with Gasteiger partial charge in [-0.25, -0.2) is 13.9 Å². The minimum absolute atomic E-state index is 0.116. The Morgan fingerprint density at radius 2 is 2.06 bits per heavy atom. The second-order valence-corrected chi connectivity index (χ2v) is 8.79. The number of benzene rings is 1. The molecule has 2 aliphatic rings. The molecule has 0 atom stereocenters. The highest BCUT2D eigenvalue weighted by Crippen LogP contribution is 2.38. The van der Waals surface area contributed by atoms with Gasteiger partial charge in [-0.3, -0.25) is 4.79 Å². The number of nitrogens with one attached hydrogen (secondary N) is 1. The molecule has 1 aromatic heterocycles. The van der Waals surface area contributed by atoms with Crippen molar-refractivity contribution in [1.82, 2.24) is 15.1 Å². The predicted molar refractivity (Wildman–Crippen MR) is 117 cm³/mol. The van der Waals surface area contributed by atoms with Crippen LogP contribution in [0.4, 0.5) is 4.39 Å². The summed E-state index contributed by atoms with van der Waals surface area (Å²) in [5, 5.41) is 7.71. The first-order chi connectivity index (χ1) is 15.4. The van der Waals surface area contributed by atoms with Gasteiger partial charge in [0, 0.05) is 19.8 Å². The fourth-order valence-corrected chi connectivity index (χ4v) is 4.63. The lowest BCUT2D eigenvalue weighted by Gasteiger charge is -2.36. The van der Waals surface area contributed by atoms with Crippen molar-refractivity contribution in [3.05, 3.63) is 46.0 Å². The number of hydrogen-bond donors (Lipinski definition) is 1. The second-order valence-electron chi connectivity index (χ2n) is 8.79. The molecule has 0 saturated carbocycles. The maximum Gasteiger partial charge on any atom is 0.341 e. The average Bonchev–Trinajstić information content (AvgIpc) is 3.09. The number of rotatable bonds is 5. The van der Waals surface area contributed by atoms with Crippen LogP contribution in [0.2, 0.25) is 0 Å². The van der Waals surface area contributed by atoms with Gasteiger partial charge in [0.2, 0.25) is 0 Å². The minimum atomic E-state index is -0.693. The second kappa shape index (κ2) is 9.02. The van der Waals surface area contributed by atoms with Crippen molar-refractivity contribution in [2.75, 3.05) is 26.4 Å². The molecule has 172 valence electrons. The SMILES string of the molecule is CCCOC(=O)c1cc(C)cc(-n2nc(CC)c3c2CC2(CCOCC2)CNC3=O)c1F. The van der Waals surface area contributed by atoms with E-state index in [0.29, 0.717) is 61.5 Å². The topological polar surface area (TPSA) is 82.5 Å². The van der Waals surface area contributed by atoms with Crippen LogP contribution in [0.15, 0.2) is 12.1 Å². The Morgan fingerprint density at radius 3 is 2.75 bits per heavy atom. The van der Waals surface area contributed by atoms with E-state index in [1.807, 2.05) is 13.8 Å². The molecule has 3 heterocycles. The quantitative estimate of drug-likeness (QED) is 0.715. The van der Waals surface area contributed by atoms with Crippen LogP contribution in [0.3, 0.4) is 0 Å². The molecular weight excluding hydrogens is 413 g/mol.